The van der Waals surface area contributed by atoms with Crippen LogP contribution in [0.3, 0.4) is 0 Å². The van der Waals surface area contributed by atoms with E-state index in [1.54, 1.807) is 13.3 Å². The van der Waals surface area contributed by atoms with Crippen molar-refractivity contribution < 1.29 is 4.57 Å². The second kappa shape index (κ2) is 3.70. The van der Waals surface area contributed by atoms with E-state index in [1.165, 1.54) is 0 Å². The van der Waals surface area contributed by atoms with Crippen molar-refractivity contribution in [2.45, 2.75) is 0 Å². The Balaban J connectivity index is 0.000001000. The molecular weight excluding hydrogens is 157 g/mol. The molecule has 0 amide bonds. The van der Waals surface area contributed by atoms with Gasteiger partial charge in [0.05, 0.1) is 0 Å². The van der Waals surface area contributed by atoms with E-state index >= 15 is 0 Å². The van der Waals surface area contributed by atoms with Gasteiger partial charge in [-0.15, -0.1) is 0 Å². The molecule has 0 saturated carbocycles. The second-order valence-electron chi connectivity index (χ2n) is 2.69. The fraction of sp³-hybridized carbons (Fsp3) is 0.250. The Hall–Kier alpha value is -0.590. The van der Waals surface area contributed by atoms with E-state index in [4.69, 9.17) is 0 Å². The quantitative estimate of drug-likeness (QED) is 0.658. The largest absolute Gasteiger partial charge is 0.344 e. The summed E-state index contributed by atoms with van der Waals surface area (Å²) in [5, 5.41) is 0.954. The molecule has 11 heavy (non-hydrogen) atoms. The zero-order valence-electron chi connectivity index (χ0n) is 6.95. The highest BCUT2D eigenvalue weighted by Crippen LogP contribution is 2.33. The van der Waals surface area contributed by atoms with Gasteiger partial charge in [-0.25, -0.2) is 0 Å². The minimum atomic E-state index is -2.02. The van der Waals surface area contributed by atoms with E-state index in [9.17, 15) is 4.57 Å². The van der Waals surface area contributed by atoms with E-state index in [0.29, 0.717) is 0 Å². The Bertz CT molecular complexity index is 252. The van der Waals surface area contributed by atoms with Gasteiger partial charge in [0.15, 0.2) is 0 Å². The third-order valence-electron chi connectivity index (χ3n) is 1.38. The van der Waals surface area contributed by atoms with E-state index < -0.39 is 7.14 Å². The van der Waals surface area contributed by atoms with Gasteiger partial charge in [-0.3, -0.25) is 0 Å². The van der Waals surface area contributed by atoms with E-state index in [-0.39, 0.29) is 6.15 Å². The summed E-state index contributed by atoms with van der Waals surface area (Å²) in [6.07, 6.45) is 0. The Labute approximate surface area is 67.6 Å². The van der Waals surface area contributed by atoms with Gasteiger partial charge < -0.3 is 10.7 Å². The molecule has 1 aromatic rings. The monoisotopic (exact) mass is 171 g/mol. The molecule has 2 nitrogen and oxygen atoms in total. The second-order valence-corrected chi connectivity index (χ2v) is 5.90. The van der Waals surface area contributed by atoms with Gasteiger partial charge in [-0.05, 0) is 13.3 Å². The Morgan fingerprint density at radius 2 is 1.55 bits per heavy atom. The predicted molar refractivity (Wildman–Crippen MR) is 50.6 cm³/mol. The van der Waals surface area contributed by atoms with Crippen molar-refractivity contribution in [3.8, 4) is 0 Å². The van der Waals surface area contributed by atoms with Crippen molar-refractivity contribution in [2.75, 3.05) is 13.3 Å². The molecule has 0 saturated heterocycles. The molecule has 0 aromatic heterocycles. The summed E-state index contributed by atoms with van der Waals surface area (Å²) in [4.78, 5) is 0. The molecule has 0 bridgehead atoms. The van der Waals surface area contributed by atoms with Crippen molar-refractivity contribution in [1.82, 2.24) is 6.15 Å². The van der Waals surface area contributed by atoms with Crippen LogP contribution in [0.15, 0.2) is 30.3 Å². The van der Waals surface area contributed by atoms with Crippen molar-refractivity contribution >= 4 is 12.4 Å². The molecule has 0 radical (unpaired) electrons. The van der Waals surface area contributed by atoms with E-state index in [0.717, 1.165) is 5.30 Å². The molecular formula is C8H14NOP. The topological polar surface area (TPSA) is 52.1 Å². The summed E-state index contributed by atoms with van der Waals surface area (Å²) in [5.41, 5.74) is 0. The predicted octanol–water partition coefficient (Wildman–Crippen LogP) is 2.10. The molecule has 0 aliphatic carbocycles. The maximum atomic E-state index is 11.4. The van der Waals surface area contributed by atoms with Gasteiger partial charge in [0.2, 0.25) is 0 Å². The normalized spacial score (nSPS) is 10.4. The molecule has 0 unspecified atom stereocenters. The van der Waals surface area contributed by atoms with Crippen LogP contribution >= 0.6 is 7.14 Å². The van der Waals surface area contributed by atoms with Crippen molar-refractivity contribution in [3.63, 3.8) is 0 Å². The SMILES string of the molecule is CP(C)(=O)c1ccccc1.N. The summed E-state index contributed by atoms with van der Waals surface area (Å²) >= 11 is 0. The molecule has 0 heterocycles. The standard InChI is InChI=1S/C8H11OP.H3N/c1-10(2,9)8-6-4-3-5-7-8;/h3-7H,1-2H3;1H3. The molecule has 0 spiro atoms. The van der Waals surface area contributed by atoms with Gasteiger partial charge in [-0.2, -0.15) is 0 Å². The fourth-order valence-corrected chi connectivity index (χ4v) is 1.68. The molecule has 1 aromatic carbocycles. The minimum Gasteiger partial charge on any atom is -0.344 e. The molecule has 1 rings (SSSR count). The van der Waals surface area contributed by atoms with Crippen LogP contribution in [-0.4, -0.2) is 13.3 Å². The summed E-state index contributed by atoms with van der Waals surface area (Å²) in [7, 11) is -2.02. The Kier molecular flexibility index (Phi) is 3.50. The zero-order chi connectivity index (χ0) is 7.61. The Morgan fingerprint density at radius 3 is 1.82 bits per heavy atom. The molecule has 0 atom stereocenters. The number of hydrogen-bond acceptors (Lipinski definition) is 2. The summed E-state index contributed by atoms with van der Waals surface area (Å²) in [5.74, 6) is 0. The van der Waals surface area contributed by atoms with Crippen molar-refractivity contribution in [3.05, 3.63) is 30.3 Å². The average molecular weight is 171 g/mol. The molecule has 3 heteroatoms. The number of benzene rings is 1. The van der Waals surface area contributed by atoms with Gasteiger partial charge >= 0.3 is 0 Å². The molecule has 0 aliphatic rings. The maximum Gasteiger partial charge on any atom is 0.109 e. The smallest absolute Gasteiger partial charge is 0.109 e. The van der Waals surface area contributed by atoms with Crippen LogP contribution in [0.25, 0.3) is 0 Å². The molecule has 62 valence electrons. The highest BCUT2D eigenvalue weighted by Gasteiger charge is 2.08. The fourth-order valence-electron chi connectivity index (χ4n) is 0.787. The van der Waals surface area contributed by atoms with Crippen molar-refractivity contribution in [2.24, 2.45) is 0 Å². The van der Waals surface area contributed by atoms with Gasteiger partial charge in [0.1, 0.15) is 7.14 Å². The summed E-state index contributed by atoms with van der Waals surface area (Å²) < 4.78 is 11.4. The number of hydrogen-bond donors (Lipinski definition) is 1. The minimum absolute atomic E-state index is 0. The zero-order valence-corrected chi connectivity index (χ0v) is 7.84. The number of rotatable bonds is 1. The van der Waals surface area contributed by atoms with Crippen molar-refractivity contribution in [1.29, 1.82) is 0 Å². The van der Waals surface area contributed by atoms with Crippen LogP contribution in [0.5, 0.6) is 0 Å². The molecule has 3 N–H and O–H groups in total. The van der Waals surface area contributed by atoms with Crippen LogP contribution < -0.4 is 11.5 Å². The van der Waals surface area contributed by atoms with Gasteiger partial charge in [-0.1, -0.05) is 30.3 Å². The summed E-state index contributed by atoms with van der Waals surface area (Å²) in [6.45, 7) is 3.56. The lowest BCUT2D eigenvalue weighted by Crippen LogP contribution is -2.00. The maximum absolute atomic E-state index is 11.4. The lowest BCUT2D eigenvalue weighted by Gasteiger charge is -2.04. The van der Waals surface area contributed by atoms with Crippen LogP contribution in [0.2, 0.25) is 0 Å². The first-order valence-corrected chi connectivity index (χ1v) is 5.81. The highest BCUT2D eigenvalue weighted by molar-refractivity contribution is 7.70. The van der Waals surface area contributed by atoms with Gasteiger partial charge in [0, 0.05) is 5.30 Å². The highest BCUT2D eigenvalue weighted by atomic mass is 31.2. The summed E-state index contributed by atoms with van der Waals surface area (Å²) in [6, 6.07) is 9.56. The van der Waals surface area contributed by atoms with Gasteiger partial charge in [0.25, 0.3) is 0 Å². The van der Waals surface area contributed by atoms with Crippen LogP contribution in [-0.2, 0) is 4.57 Å². The first-order valence-electron chi connectivity index (χ1n) is 3.21. The lowest BCUT2D eigenvalue weighted by atomic mass is 10.4. The van der Waals surface area contributed by atoms with Crippen LogP contribution in [0.4, 0.5) is 0 Å². The Morgan fingerprint density at radius 1 is 1.09 bits per heavy atom. The van der Waals surface area contributed by atoms with E-state index in [1.807, 2.05) is 30.3 Å². The van der Waals surface area contributed by atoms with Crippen LogP contribution in [0, 0.1) is 0 Å². The third-order valence-corrected chi connectivity index (χ3v) is 2.92. The average Bonchev–Trinajstić information content (AvgIpc) is 1.88. The first-order chi connectivity index (χ1) is 4.61. The molecule has 0 aliphatic heterocycles. The third kappa shape index (κ3) is 2.87. The van der Waals surface area contributed by atoms with E-state index in [2.05, 4.69) is 0 Å². The lowest BCUT2D eigenvalue weighted by molar-refractivity contribution is 0.588. The first kappa shape index (κ1) is 10.4. The van der Waals surface area contributed by atoms with Crippen LogP contribution in [0.1, 0.15) is 0 Å². The molecule has 0 fully saturated rings.